The van der Waals surface area contributed by atoms with Gasteiger partial charge in [-0.05, 0) is 35.2 Å². The van der Waals surface area contributed by atoms with Gasteiger partial charge in [-0.3, -0.25) is 9.36 Å². The van der Waals surface area contributed by atoms with Crippen molar-refractivity contribution in [1.82, 2.24) is 9.13 Å². The summed E-state index contributed by atoms with van der Waals surface area (Å²) in [5, 5.41) is 2.39. The van der Waals surface area contributed by atoms with E-state index >= 15 is 0 Å². The first-order valence-electron chi connectivity index (χ1n) is 8.21. The average Bonchev–Trinajstić information content (AvgIpc) is 3.17. The lowest BCUT2D eigenvalue weighted by molar-refractivity contribution is 0.414. The van der Waals surface area contributed by atoms with E-state index in [-0.39, 0.29) is 12.1 Å². The lowest BCUT2D eigenvalue weighted by Crippen LogP contribution is -2.38. The van der Waals surface area contributed by atoms with Crippen LogP contribution in [-0.4, -0.2) is 16.2 Å². The summed E-state index contributed by atoms with van der Waals surface area (Å²) >= 11 is 7.59. The Morgan fingerprint density at radius 1 is 1.07 bits per heavy atom. The molecule has 5 nitrogen and oxygen atoms in total. The van der Waals surface area contributed by atoms with Crippen molar-refractivity contribution in [3.8, 4) is 11.4 Å². The minimum Gasteiger partial charge on any atom is -0.497 e. The van der Waals surface area contributed by atoms with Crippen LogP contribution in [-0.2, 0) is 6.54 Å². The molecule has 2 heterocycles. The molecular formula is C20H15ClN2O3S. The Kier molecular flexibility index (Phi) is 4.59. The molecule has 136 valence electrons. The van der Waals surface area contributed by atoms with Crippen LogP contribution in [0.5, 0.6) is 5.75 Å². The largest absolute Gasteiger partial charge is 0.497 e. The lowest BCUT2D eigenvalue weighted by Gasteiger charge is -2.13. The van der Waals surface area contributed by atoms with Crippen LogP contribution in [0.2, 0.25) is 5.02 Å². The van der Waals surface area contributed by atoms with Gasteiger partial charge in [0, 0.05) is 11.1 Å². The highest BCUT2D eigenvalue weighted by molar-refractivity contribution is 7.17. The van der Waals surface area contributed by atoms with Crippen LogP contribution in [0.1, 0.15) is 5.56 Å². The van der Waals surface area contributed by atoms with Crippen molar-refractivity contribution < 1.29 is 4.74 Å². The Bertz CT molecular complexity index is 1260. The predicted molar refractivity (Wildman–Crippen MR) is 109 cm³/mol. The van der Waals surface area contributed by atoms with Crippen molar-refractivity contribution in [3.05, 3.63) is 91.4 Å². The van der Waals surface area contributed by atoms with Gasteiger partial charge in [-0.1, -0.05) is 35.9 Å². The van der Waals surface area contributed by atoms with Crippen molar-refractivity contribution in [1.29, 1.82) is 0 Å². The average molecular weight is 399 g/mol. The molecule has 0 saturated heterocycles. The summed E-state index contributed by atoms with van der Waals surface area (Å²) in [5.74, 6) is 0.572. The fourth-order valence-corrected chi connectivity index (χ4v) is 4.03. The third-order valence-electron chi connectivity index (χ3n) is 4.35. The fraction of sp³-hybridized carbons (Fsp3) is 0.100. The van der Waals surface area contributed by atoms with E-state index < -0.39 is 5.69 Å². The summed E-state index contributed by atoms with van der Waals surface area (Å²) in [5.41, 5.74) is 1.12. The Morgan fingerprint density at radius 2 is 1.89 bits per heavy atom. The maximum absolute atomic E-state index is 13.3. The van der Waals surface area contributed by atoms with E-state index in [1.54, 1.807) is 48.1 Å². The van der Waals surface area contributed by atoms with Gasteiger partial charge < -0.3 is 4.74 Å². The van der Waals surface area contributed by atoms with Gasteiger partial charge in [-0.25, -0.2) is 9.36 Å². The molecule has 4 rings (SSSR count). The van der Waals surface area contributed by atoms with Gasteiger partial charge in [0.2, 0.25) is 0 Å². The standard InChI is InChI=1S/C20H15ClN2O3S/c1-26-15-7-4-6-14(11-15)23-19(24)18-17(9-10-27-18)22(20(23)25)12-13-5-2-3-8-16(13)21/h2-11H,12H2,1H3. The number of nitrogens with zero attached hydrogens (tertiary/aromatic N) is 2. The first-order valence-corrected chi connectivity index (χ1v) is 9.47. The highest BCUT2D eigenvalue weighted by Gasteiger charge is 2.16. The van der Waals surface area contributed by atoms with Gasteiger partial charge in [0.15, 0.2) is 0 Å². The number of rotatable bonds is 4. The first kappa shape index (κ1) is 17.6. The Morgan fingerprint density at radius 3 is 2.67 bits per heavy atom. The number of methoxy groups -OCH3 is 1. The van der Waals surface area contributed by atoms with E-state index in [2.05, 4.69) is 0 Å². The van der Waals surface area contributed by atoms with Crippen LogP contribution in [0.25, 0.3) is 15.9 Å². The number of benzene rings is 2. The van der Waals surface area contributed by atoms with Gasteiger partial charge >= 0.3 is 5.69 Å². The van der Waals surface area contributed by atoms with E-state index in [0.717, 1.165) is 5.56 Å². The van der Waals surface area contributed by atoms with E-state index in [1.807, 2.05) is 23.6 Å². The molecule has 0 amide bonds. The minimum absolute atomic E-state index is 0.274. The lowest BCUT2D eigenvalue weighted by atomic mass is 10.2. The molecule has 4 aromatic rings. The van der Waals surface area contributed by atoms with Crippen molar-refractivity contribution >= 4 is 33.2 Å². The monoisotopic (exact) mass is 398 g/mol. The van der Waals surface area contributed by atoms with Crippen LogP contribution < -0.4 is 16.0 Å². The topological polar surface area (TPSA) is 53.2 Å². The molecule has 2 aromatic carbocycles. The van der Waals surface area contributed by atoms with Crippen molar-refractivity contribution in [2.75, 3.05) is 7.11 Å². The summed E-state index contributed by atoms with van der Waals surface area (Å²) in [7, 11) is 1.54. The number of hydrogen-bond acceptors (Lipinski definition) is 4. The second-order valence-electron chi connectivity index (χ2n) is 5.94. The second kappa shape index (κ2) is 7.06. The summed E-state index contributed by atoms with van der Waals surface area (Å²) in [6.45, 7) is 0.274. The van der Waals surface area contributed by atoms with E-state index in [4.69, 9.17) is 16.3 Å². The summed E-state index contributed by atoms with van der Waals surface area (Å²) in [6, 6.07) is 16.0. The number of halogens is 1. The number of hydrogen-bond donors (Lipinski definition) is 0. The molecule has 0 N–H and O–H groups in total. The molecule has 0 spiro atoms. The molecule has 0 saturated carbocycles. The van der Waals surface area contributed by atoms with Crippen LogP contribution in [0.3, 0.4) is 0 Å². The number of thiophene rings is 1. The second-order valence-corrected chi connectivity index (χ2v) is 7.26. The maximum atomic E-state index is 13.3. The van der Waals surface area contributed by atoms with Gasteiger partial charge in [0.05, 0.1) is 24.9 Å². The van der Waals surface area contributed by atoms with Gasteiger partial charge in [-0.2, -0.15) is 0 Å². The summed E-state index contributed by atoms with van der Waals surface area (Å²) in [4.78, 5) is 26.2. The molecule has 0 aliphatic carbocycles. The molecular weight excluding hydrogens is 384 g/mol. The van der Waals surface area contributed by atoms with Gasteiger partial charge in [0.1, 0.15) is 10.4 Å². The van der Waals surface area contributed by atoms with Crippen molar-refractivity contribution in [3.63, 3.8) is 0 Å². The number of ether oxygens (including phenoxy) is 1. The molecule has 0 atom stereocenters. The van der Waals surface area contributed by atoms with Gasteiger partial charge in [0.25, 0.3) is 5.56 Å². The molecule has 7 heteroatoms. The van der Waals surface area contributed by atoms with E-state index in [1.165, 1.54) is 15.9 Å². The Labute approximate surface area is 163 Å². The predicted octanol–water partition coefficient (Wildman–Crippen LogP) is 3.92. The van der Waals surface area contributed by atoms with Crippen molar-refractivity contribution in [2.45, 2.75) is 6.54 Å². The summed E-state index contributed by atoms with van der Waals surface area (Å²) in [6.07, 6.45) is 0. The highest BCUT2D eigenvalue weighted by Crippen LogP contribution is 2.21. The quantitative estimate of drug-likeness (QED) is 0.523. The molecule has 0 unspecified atom stereocenters. The minimum atomic E-state index is -0.418. The molecule has 2 aromatic heterocycles. The van der Waals surface area contributed by atoms with E-state index in [9.17, 15) is 9.59 Å². The Hall–Kier alpha value is -2.83. The summed E-state index contributed by atoms with van der Waals surface area (Å²) < 4.78 is 8.51. The molecule has 27 heavy (non-hydrogen) atoms. The van der Waals surface area contributed by atoms with Gasteiger partial charge in [-0.15, -0.1) is 11.3 Å². The zero-order chi connectivity index (χ0) is 19.0. The van der Waals surface area contributed by atoms with Crippen LogP contribution in [0.15, 0.2) is 69.6 Å². The molecule has 0 bridgehead atoms. The Balaban J connectivity index is 2.00. The number of fused-ring (bicyclic) bond motifs is 1. The zero-order valence-electron chi connectivity index (χ0n) is 14.4. The SMILES string of the molecule is COc1cccc(-n2c(=O)c3sccc3n(Cc3ccccc3Cl)c2=O)c1. The van der Waals surface area contributed by atoms with Crippen molar-refractivity contribution in [2.24, 2.45) is 0 Å². The molecule has 0 aliphatic heterocycles. The van der Waals surface area contributed by atoms with E-state index in [0.29, 0.717) is 26.7 Å². The molecule has 0 aliphatic rings. The first-order chi connectivity index (χ1) is 13.1. The smallest absolute Gasteiger partial charge is 0.336 e. The third kappa shape index (κ3) is 3.07. The third-order valence-corrected chi connectivity index (χ3v) is 5.61. The molecule has 0 radical (unpaired) electrons. The maximum Gasteiger partial charge on any atom is 0.336 e. The fourth-order valence-electron chi connectivity index (χ4n) is 3.01. The zero-order valence-corrected chi connectivity index (χ0v) is 16.0. The van der Waals surface area contributed by atoms with Crippen LogP contribution >= 0.6 is 22.9 Å². The normalized spacial score (nSPS) is 11.0. The highest BCUT2D eigenvalue weighted by atomic mass is 35.5. The van der Waals surface area contributed by atoms with Crippen LogP contribution in [0, 0.1) is 0 Å². The van der Waals surface area contributed by atoms with Crippen LogP contribution in [0.4, 0.5) is 0 Å². The molecule has 0 fully saturated rings. The number of aromatic nitrogens is 2.